The Bertz CT molecular complexity index is 1210. The van der Waals surface area contributed by atoms with Gasteiger partial charge in [-0.1, -0.05) is 24.3 Å². The Balaban J connectivity index is 1.57. The summed E-state index contributed by atoms with van der Waals surface area (Å²) in [6, 6.07) is 17.4. The van der Waals surface area contributed by atoms with Crippen LogP contribution in [0.3, 0.4) is 0 Å². The van der Waals surface area contributed by atoms with Gasteiger partial charge in [-0.15, -0.1) is 0 Å². The molecular formula is C22H23N3O4S. The van der Waals surface area contributed by atoms with Crippen LogP contribution >= 0.6 is 0 Å². The van der Waals surface area contributed by atoms with Gasteiger partial charge in [0.15, 0.2) is 5.94 Å². The fourth-order valence-corrected chi connectivity index (χ4v) is 5.04. The lowest BCUT2D eigenvalue weighted by atomic mass is 10.1. The topological polar surface area (TPSA) is 84.6 Å². The van der Waals surface area contributed by atoms with E-state index in [1.54, 1.807) is 7.11 Å². The zero-order chi connectivity index (χ0) is 21.3. The number of rotatable bonds is 5. The van der Waals surface area contributed by atoms with Gasteiger partial charge in [0.2, 0.25) is 10.0 Å². The number of methoxy groups -OCH3 is 1. The third-order valence-electron chi connectivity index (χ3n) is 5.44. The van der Waals surface area contributed by atoms with Gasteiger partial charge in [0.05, 0.1) is 19.8 Å². The maximum absolute atomic E-state index is 12.6. The monoisotopic (exact) mass is 425 g/mol. The van der Waals surface area contributed by atoms with Crippen LogP contribution in [0.1, 0.15) is 16.8 Å². The molecule has 1 fully saturated rings. The quantitative estimate of drug-likeness (QED) is 0.627. The highest BCUT2D eigenvalue weighted by molar-refractivity contribution is 7.88. The second-order valence-electron chi connectivity index (χ2n) is 7.42. The number of aryl methyl sites for hydroxylation is 1. The second-order valence-corrected chi connectivity index (χ2v) is 9.33. The van der Waals surface area contributed by atoms with Crippen LogP contribution in [0.5, 0.6) is 5.75 Å². The van der Waals surface area contributed by atoms with Crippen LogP contribution in [0.4, 0.5) is 0 Å². The van der Waals surface area contributed by atoms with Crippen LogP contribution in [0.25, 0.3) is 10.9 Å². The number of ether oxygens (including phenoxy) is 2. The van der Waals surface area contributed by atoms with E-state index >= 15 is 0 Å². The molecule has 4 rings (SSSR count). The molecule has 7 nitrogen and oxygen atoms in total. The summed E-state index contributed by atoms with van der Waals surface area (Å²) < 4.78 is 39.3. The molecular weight excluding hydrogens is 402 g/mol. The summed E-state index contributed by atoms with van der Waals surface area (Å²) in [7, 11) is -1.92. The molecule has 1 unspecified atom stereocenters. The van der Waals surface area contributed by atoms with Gasteiger partial charge in [0.25, 0.3) is 0 Å². The molecule has 0 amide bonds. The molecule has 0 bridgehead atoms. The number of aromatic nitrogens is 1. The van der Waals surface area contributed by atoms with E-state index in [0.717, 1.165) is 27.8 Å². The van der Waals surface area contributed by atoms with E-state index in [0.29, 0.717) is 12.2 Å². The van der Waals surface area contributed by atoms with Gasteiger partial charge in [0, 0.05) is 24.0 Å². The predicted molar refractivity (Wildman–Crippen MR) is 113 cm³/mol. The first-order valence-electron chi connectivity index (χ1n) is 9.62. The highest BCUT2D eigenvalue weighted by atomic mass is 32.2. The lowest BCUT2D eigenvalue weighted by Gasteiger charge is -2.32. The minimum Gasteiger partial charge on any atom is -0.497 e. The maximum atomic E-state index is 12.6. The van der Waals surface area contributed by atoms with Crippen molar-refractivity contribution in [1.82, 2.24) is 8.87 Å². The van der Waals surface area contributed by atoms with E-state index in [9.17, 15) is 13.7 Å². The molecule has 1 aromatic heterocycles. The van der Waals surface area contributed by atoms with Gasteiger partial charge in [-0.2, -0.15) is 9.57 Å². The molecule has 156 valence electrons. The molecule has 0 radical (unpaired) electrons. The van der Waals surface area contributed by atoms with Crippen molar-refractivity contribution in [3.63, 3.8) is 0 Å². The van der Waals surface area contributed by atoms with Crippen molar-refractivity contribution in [3.05, 3.63) is 65.4 Å². The van der Waals surface area contributed by atoms with Crippen LogP contribution in [0, 0.1) is 18.3 Å². The van der Waals surface area contributed by atoms with Crippen LogP contribution in [-0.4, -0.2) is 43.0 Å². The Morgan fingerprint density at radius 1 is 1.23 bits per heavy atom. The lowest BCUT2D eigenvalue weighted by Crippen LogP contribution is -2.47. The smallest absolute Gasteiger partial charge is 0.238 e. The Hall–Kier alpha value is -2.86. The fraction of sp³-hybridized carbons (Fsp3) is 0.318. The molecule has 0 aliphatic carbocycles. The lowest BCUT2D eigenvalue weighted by molar-refractivity contribution is 0.0358. The number of sulfonamides is 1. The Morgan fingerprint density at radius 3 is 2.70 bits per heavy atom. The molecule has 0 spiro atoms. The summed E-state index contributed by atoms with van der Waals surface area (Å²) in [5, 5.41) is 10.6. The molecule has 3 aromatic rings. The van der Waals surface area contributed by atoms with Crippen molar-refractivity contribution in [1.29, 1.82) is 5.26 Å². The van der Waals surface area contributed by atoms with Gasteiger partial charge in [-0.05, 0) is 42.3 Å². The Kier molecular flexibility index (Phi) is 5.52. The van der Waals surface area contributed by atoms with E-state index in [1.165, 1.54) is 4.31 Å². The number of hydrogen-bond donors (Lipinski definition) is 0. The normalized spacial score (nSPS) is 18.9. The summed E-state index contributed by atoms with van der Waals surface area (Å²) in [6.07, 6.45) is -0.352. The van der Waals surface area contributed by atoms with Crippen LogP contribution in [0.2, 0.25) is 0 Å². The van der Waals surface area contributed by atoms with Crippen molar-refractivity contribution in [2.75, 3.05) is 19.6 Å². The first-order chi connectivity index (χ1) is 14.4. The summed E-state index contributed by atoms with van der Waals surface area (Å²) in [5.74, 6) is 0.355. The van der Waals surface area contributed by atoms with E-state index in [-0.39, 0.29) is 25.1 Å². The molecule has 1 aliphatic rings. The van der Waals surface area contributed by atoms with Gasteiger partial charge in [-0.3, -0.25) is 0 Å². The molecule has 2 heterocycles. The Morgan fingerprint density at radius 2 is 2.00 bits per heavy atom. The standard InChI is InChI=1S/C22H23N3O4S/c1-16-4-3-5-22-21(16)10-18(11-23)25(22)14-20-13-24(30(26,27)15-29-20)12-17-6-8-19(28-2)9-7-17/h3-10,20H,12-15H2,1-2H3. The largest absolute Gasteiger partial charge is 0.497 e. The number of hydrogen-bond acceptors (Lipinski definition) is 5. The van der Waals surface area contributed by atoms with Crippen LogP contribution in [-0.2, 0) is 27.8 Å². The molecule has 0 saturated carbocycles. The summed E-state index contributed by atoms with van der Waals surface area (Å²) in [6.45, 7) is 2.91. The first kappa shape index (κ1) is 20.4. The van der Waals surface area contributed by atoms with Gasteiger partial charge >= 0.3 is 0 Å². The average Bonchev–Trinajstić information content (AvgIpc) is 3.10. The molecule has 2 aromatic carbocycles. The van der Waals surface area contributed by atoms with Gasteiger partial charge in [-0.25, -0.2) is 8.42 Å². The van der Waals surface area contributed by atoms with Crippen LogP contribution in [0.15, 0.2) is 48.5 Å². The van der Waals surface area contributed by atoms with Crippen molar-refractivity contribution in [2.24, 2.45) is 0 Å². The average molecular weight is 426 g/mol. The van der Waals surface area contributed by atoms with Gasteiger partial charge in [0.1, 0.15) is 17.5 Å². The maximum Gasteiger partial charge on any atom is 0.238 e. The van der Waals surface area contributed by atoms with Crippen molar-refractivity contribution >= 4 is 20.9 Å². The molecule has 1 aliphatic heterocycles. The molecule has 1 atom stereocenters. The van der Waals surface area contributed by atoms with E-state index in [4.69, 9.17) is 9.47 Å². The molecule has 1 saturated heterocycles. The minimum absolute atomic E-state index is 0.227. The van der Waals surface area contributed by atoms with Gasteiger partial charge < -0.3 is 14.0 Å². The highest BCUT2D eigenvalue weighted by Gasteiger charge is 2.33. The fourth-order valence-electron chi connectivity index (χ4n) is 3.78. The van der Waals surface area contributed by atoms with E-state index in [1.807, 2.05) is 60.0 Å². The number of benzene rings is 2. The number of fused-ring (bicyclic) bond motifs is 1. The zero-order valence-corrected chi connectivity index (χ0v) is 17.7. The SMILES string of the molecule is COc1ccc(CN2CC(Cn3c(C#N)cc4c(C)cccc43)OCS2(=O)=O)cc1. The molecule has 30 heavy (non-hydrogen) atoms. The van der Waals surface area contributed by atoms with Crippen molar-refractivity contribution < 1.29 is 17.9 Å². The third-order valence-corrected chi connectivity index (χ3v) is 6.93. The number of nitriles is 1. The Labute approximate surface area is 176 Å². The summed E-state index contributed by atoms with van der Waals surface area (Å²) in [5.41, 5.74) is 3.46. The van der Waals surface area contributed by atoms with Crippen LogP contribution < -0.4 is 4.74 Å². The summed E-state index contributed by atoms with van der Waals surface area (Å²) >= 11 is 0. The highest BCUT2D eigenvalue weighted by Crippen LogP contribution is 2.25. The first-order valence-corrected chi connectivity index (χ1v) is 11.2. The number of nitrogens with zero attached hydrogens (tertiary/aromatic N) is 3. The minimum atomic E-state index is -3.51. The summed E-state index contributed by atoms with van der Waals surface area (Å²) in [4.78, 5) is 0. The zero-order valence-electron chi connectivity index (χ0n) is 16.9. The predicted octanol–water partition coefficient (Wildman–Crippen LogP) is 3.02. The molecule has 0 N–H and O–H groups in total. The van der Waals surface area contributed by atoms with E-state index in [2.05, 4.69) is 6.07 Å². The van der Waals surface area contributed by atoms with Crippen molar-refractivity contribution in [3.8, 4) is 11.8 Å². The second kappa shape index (κ2) is 8.11. The van der Waals surface area contributed by atoms with E-state index < -0.39 is 10.0 Å². The van der Waals surface area contributed by atoms with Crippen molar-refractivity contribution in [2.45, 2.75) is 26.1 Å². The molecule has 8 heteroatoms. The third kappa shape index (κ3) is 3.92.